The van der Waals surface area contributed by atoms with Crippen LogP contribution < -0.4 is 10.6 Å². The van der Waals surface area contributed by atoms with Gasteiger partial charge in [-0.25, -0.2) is 0 Å². The van der Waals surface area contributed by atoms with Gasteiger partial charge in [-0.1, -0.05) is 84.9 Å². The van der Waals surface area contributed by atoms with Gasteiger partial charge in [0.1, 0.15) is 0 Å². The summed E-state index contributed by atoms with van der Waals surface area (Å²) in [5.41, 5.74) is 7.51. The Morgan fingerprint density at radius 2 is 0.700 bits per heavy atom. The summed E-state index contributed by atoms with van der Waals surface area (Å²) in [6.07, 6.45) is 0. The van der Waals surface area contributed by atoms with Crippen molar-refractivity contribution < 1.29 is 0 Å². The third-order valence-electron chi connectivity index (χ3n) is 5.77. The molecule has 0 amide bonds. The van der Waals surface area contributed by atoms with Gasteiger partial charge >= 0.3 is 0 Å². The second-order valence-electron chi connectivity index (χ2n) is 7.52. The smallest absolute Gasteiger partial charge is 0.0337 e. The number of benzene rings is 4. The highest BCUT2D eigenvalue weighted by Gasteiger charge is 2.28. The largest absolute Gasteiger partial charge is 0.388 e. The first-order chi connectivity index (χ1) is 14.8. The molecule has 30 heavy (non-hydrogen) atoms. The molecule has 0 atom stereocenters. The van der Waals surface area contributed by atoms with Crippen molar-refractivity contribution >= 4 is 11.4 Å². The van der Waals surface area contributed by atoms with Crippen LogP contribution in [0.2, 0.25) is 0 Å². The van der Waals surface area contributed by atoms with Gasteiger partial charge in [-0.2, -0.15) is 0 Å². The molecule has 0 aromatic heterocycles. The molecule has 0 spiro atoms. The summed E-state index contributed by atoms with van der Waals surface area (Å²) in [6, 6.07) is 39.4. The maximum atomic E-state index is 3.23. The average molecular weight is 393 g/mol. The van der Waals surface area contributed by atoms with Crippen molar-refractivity contribution in [3.63, 3.8) is 0 Å². The van der Waals surface area contributed by atoms with Crippen LogP contribution >= 0.6 is 0 Å². The molecule has 0 bridgehead atoms. The van der Waals surface area contributed by atoms with E-state index in [1.807, 2.05) is 14.1 Å². The topological polar surface area (TPSA) is 24.1 Å². The van der Waals surface area contributed by atoms with E-state index >= 15 is 0 Å². The minimum Gasteiger partial charge on any atom is -0.388 e. The molecule has 0 fully saturated rings. The van der Waals surface area contributed by atoms with Crippen LogP contribution in [0.4, 0.5) is 11.4 Å². The summed E-state index contributed by atoms with van der Waals surface area (Å²) >= 11 is 0. The SMILES string of the molecule is CNc1ccc(C(c2ccc(NC)cc2)C(c2ccccc2)c2ccccc2)cc1. The number of hydrogen-bond donors (Lipinski definition) is 2. The second-order valence-corrected chi connectivity index (χ2v) is 7.52. The summed E-state index contributed by atoms with van der Waals surface area (Å²) in [5, 5.41) is 6.46. The van der Waals surface area contributed by atoms with E-state index in [2.05, 4.69) is 120 Å². The Morgan fingerprint density at radius 3 is 1.00 bits per heavy atom. The quantitative estimate of drug-likeness (QED) is 0.364. The highest BCUT2D eigenvalue weighted by Crippen LogP contribution is 2.43. The molecule has 0 saturated carbocycles. The van der Waals surface area contributed by atoms with Crippen molar-refractivity contribution in [2.45, 2.75) is 11.8 Å². The van der Waals surface area contributed by atoms with E-state index in [1.54, 1.807) is 0 Å². The highest BCUT2D eigenvalue weighted by molar-refractivity contribution is 5.52. The van der Waals surface area contributed by atoms with Crippen molar-refractivity contribution in [3.05, 3.63) is 131 Å². The van der Waals surface area contributed by atoms with Gasteiger partial charge in [0.15, 0.2) is 0 Å². The van der Waals surface area contributed by atoms with E-state index in [9.17, 15) is 0 Å². The average Bonchev–Trinajstić information content (AvgIpc) is 2.84. The van der Waals surface area contributed by atoms with Gasteiger partial charge in [0.05, 0.1) is 0 Å². The molecule has 0 aliphatic carbocycles. The van der Waals surface area contributed by atoms with E-state index in [0.717, 1.165) is 11.4 Å². The fourth-order valence-electron chi connectivity index (χ4n) is 4.19. The lowest BCUT2D eigenvalue weighted by atomic mass is 9.74. The summed E-state index contributed by atoms with van der Waals surface area (Å²) < 4.78 is 0. The van der Waals surface area contributed by atoms with Crippen LogP contribution in [0.3, 0.4) is 0 Å². The van der Waals surface area contributed by atoms with Gasteiger partial charge in [-0.15, -0.1) is 0 Å². The molecule has 4 aromatic rings. The van der Waals surface area contributed by atoms with E-state index in [0.29, 0.717) is 0 Å². The molecule has 4 aromatic carbocycles. The van der Waals surface area contributed by atoms with Crippen LogP contribution in [0.5, 0.6) is 0 Å². The molecule has 2 nitrogen and oxygen atoms in total. The maximum absolute atomic E-state index is 3.23. The van der Waals surface area contributed by atoms with Crippen LogP contribution in [0.1, 0.15) is 34.1 Å². The summed E-state index contributed by atoms with van der Waals surface area (Å²) in [6.45, 7) is 0. The molecule has 0 heterocycles. The zero-order valence-electron chi connectivity index (χ0n) is 17.5. The summed E-state index contributed by atoms with van der Waals surface area (Å²) in [4.78, 5) is 0. The number of nitrogens with one attached hydrogen (secondary N) is 2. The van der Waals surface area contributed by atoms with Gasteiger partial charge in [-0.3, -0.25) is 0 Å². The predicted octanol–water partition coefficient (Wildman–Crippen LogP) is 6.73. The zero-order valence-corrected chi connectivity index (χ0v) is 17.5. The van der Waals surface area contributed by atoms with Crippen molar-refractivity contribution in [2.24, 2.45) is 0 Å². The lowest BCUT2D eigenvalue weighted by Gasteiger charge is -2.30. The lowest BCUT2D eigenvalue weighted by molar-refractivity contribution is 0.694. The van der Waals surface area contributed by atoms with Crippen molar-refractivity contribution in [2.75, 3.05) is 24.7 Å². The van der Waals surface area contributed by atoms with E-state index < -0.39 is 0 Å². The molecule has 0 saturated heterocycles. The zero-order chi connectivity index (χ0) is 20.8. The minimum atomic E-state index is 0.201. The molecule has 0 radical (unpaired) electrons. The first-order valence-corrected chi connectivity index (χ1v) is 10.5. The van der Waals surface area contributed by atoms with Gasteiger partial charge in [-0.05, 0) is 46.5 Å². The predicted molar refractivity (Wildman–Crippen MR) is 129 cm³/mol. The third kappa shape index (κ3) is 4.23. The Kier molecular flexibility index (Phi) is 6.14. The summed E-state index contributed by atoms with van der Waals surface area (Å²) in [7, 11) is 3.92. The standard InChI is InChI=1S/C28H28N2/c1-29-25-17-13-23(14-18-25)28(24-15-19-26(30-2)20-16-24)27(21-9-5-3-6-10-21)22-11-7-4-8-12-22/h3-20,27-30H,1-2H3. The molecular formula is C28H28N2. The van der Waals surface area contributed by atoms with Crippen LogP contribution in [-0.4, -0.2) is 14.1 Å². The van der Waals surface area contributed by atoms with E-state index in [-0.39, 0.29) is 11.8 Å². The normalized spacial score (nSPS) is 10.9. The Balaban J connectivity index is 1.90. The Bertz CT molecular complexity index is 952. The van der Waals surface area contributed by atoms with E-state index in [1.165, 1.54) is 22.3 Å². The first-order valence-electron chi connectivity index (χ1n) is 10.5. The molecular weight excluding hydrogens is 364 g/mol. The van der Waals surface area contributed by atoms with Crippen LogP contribution in [0.15, 0.2) is 109 Å². The maximum Gasteiger partial charge on any atom is 0.0337 e. The Morgan fingerprint density at radius 1 is 0.400 bits per heavy atom. The molecule has 0 unspecified atom stereocenters. The second kappa shape index (κ2) is 9.32. The van der Waals surface area contributed by atoms with Gasteiger partial charge < -0.3 is 10.6 Å². The fraction of sp³-hybridized carbons (Fsp3) is 0.143. The Labute approximate surface area is 179 Å². The molecule has 150 valence electrons. The highest BCUT2D eigenvalue weighted by atomic mass is 14.8. The fourth-order valence-corrected chi connectivity index (χ4v) is 4.19. The molecule has 2 N–H and O–H groups in total. The van der Waals surface area contributed by atoms with Crippen molar-refractivity contribution in [1.29, 1.82) is 0 Å². The molecule has 2 heteroatoms. The number of rotatable bonds is 7. The molecule has 0 aliphatic rings. The van der Waals surface area contributed by atoms with Gasteiger partial charge in [0.25, 0.3) is 0 Å². The summed E-state index contributed by atoms with van der Waals surface area (Å²) in [5.74, 6) is 0.417. The Hall–Kier alpha value is -3.52. The van der Waals surface area contributed by atoms with Gasteiger partial charge in [0, 0.05) is 37.3 Å². The first kappa shape index (κ1) is 19.8. The van der Waals surface area contributed by atoms with Crippen LogP contribution in [0, 0.1) is 0 Å². The molecule has 0 aliphatic heterocycles. The monoisotopic (exact) mass is 392 g/mol. The van der Waals surface area contributed by atoms with Crippen LogP contribution in [-0.2, 0) is 0 Å². The van der Waals surface area contributed by atoms with Crippen molar-refractivity contribution in [3.8, 4) is 0 Å². The number of hydrogen-bond acceptors (Lipinski definition) is 2. The van der Waals surface area contributed by atoms with Gasteiger partial charge in [0.2, 0.25) is 0 Å². The number of anilines is 2. The third-order valence-corrected chi connectivity index (χ3v) is 5.77. The molecule has 4 rings (SSSR count). The van der Waals surface area contributed by atoms with Crippen molar-refractivity contribution in [1.82, 2.24) is 0 Å². The van der Waals surface area contributed by atoms with E-state index in [4.69, 9.17) is 0 Å². The minimum absolute atomic E-state index is 0.201. The van der Waals surface area contributed by atoms with Crippen LogP contribution in [0.25, 0.3) is 0 Å². The lowest BCUT2D eigenvalue weighted by Crippen LogP contribution is -2.15.